The van der Waals surface area contributed by atoms with Crippen LogP contribution in [0.25, 0.3) is 0 Å². The molecule has 0 aliphatic rings. The van der Waals surface area contributed by atoms with E-state index >= 15 is 0 Å². The first-order chi connectivity index (χ1) is 24.5. The quantitative estimate of drug-likeness (QED) is 0.119. The van der Waals surface area contributed by atoms with Gasteiger partial charge in [0.2, 0.25) is 0 Å². The first kappa shape index (κ1) is 36.0. The monoisotopic (exact) mass is 882 g/mol. The number of hydrogen-bond acceptors (Lipinski definition) is 6. The lowest BCUT2D eigenvalue weighted by molar-refractivity contribution is 1.29. The highest BCUT2D eigenvalue weighted by atomic mass is 79.9. The lowest BCUT2D eigenvalue weighted by atomic mass is 10.3. The van der Waals surface area contributed by atoms with Crippen LogP contribution >= 0.6 is 102 Å². The molecule has 0 unspecified atom stereocenters. The maximum absolute atomic E-state index is 3.64. The lowest BCUT2D eigenvalue weighted by Crippen LogP contribution is -1.79. The van der Waals surface area contributed by atoms with E-state index < -0.39 is 0 Å². The van der Waals surface area contributed by atoms with Crippen LogP contribution in [0.5, 0.6) is 0 Å². The predicted octanol–water partition coefficient (Wildman–Crippen LogP) is 16.1. The maximum Gasteiger partial charge on any atom is 0.0314 e. The van der Waals surface area contributed by atoms with E-state index in [0.717, 1.165) is 8.95 Å². The summed E-state index contributed by atoms with van der Waals surface area (Å²) in [6, 6.07) is 60.8. The molecule has 50 heavy (non-hydrogen) atoms. The van der Waals surface area contributed by atoms with Crippen LogP contribution in [0, 0.1) is 0 Å². The van der Waals surface area contributed by atoms with Crippen LogP contribution in [0.1, 0.15) is 0 Å². The standard InChI is InChI=1S/C42H28Br2S6/c43-39-5-1-3-7-41(39)49-37-25-21-35(22-26-37)47-33-17-13-31(14-18-33)45-29-9-11-30(12-10-29)46-32-15-19-34(20-16-32)48-36-23-27-38(28-24-36)50-42-8-4-2-6-40(42)44/h1-28H. The Morgan fingerprint density at radius 1 is 0.220 bits per heavy atom. The van der Waals surface area contributed by atoms with Gasteiger partial charge >= 0.3 is 0 Å². The molecule has 0 heterocycles. The van der Waals surface area contributed by atoms with Crippen molar-refractivity contribution in [3.05, 3.63) is 179 Å². The van der Waals surface area contributed by atoms with E-state index in [2.05, 4.69) is 190 Å². The second kappa shape index (κ2) is 17.9. The van der Waals surface area contributed by atoms with Crippen molar-refractivity contribution in [2.75, 3.05) is 0 Å². The molecule has 0 bridgehead atoms. The van der Waals surface area contributed by atoms with Gasteiger partial charge in [0, 0.05) is 67.7 Å². The zero-order chi connectivity index (χ0) is 34.1. The Kier molecular flexibility index (Phi) is 12.9. The zero-order valence-electron chi connectivity index (χ0n) is 26.4. The van der Waals surface area contributed by atoms with E-state index in [-0.39, 0.29) is 0 Å². The Hall–Kier alpha value is -2.40. The Morgan fingerprint density at radius 3 is 0.600 bits per heavy atom. The van der Waals surface area contributed by atoms with Crippen molar-refractivity contribution in [3.63, 3.8) is 0 Å². The second-order valence-electron chi connectivity index (χ2n) is 10.8. The Bertz CT molecular complexity index is 1990. The molecular formula is C42H28Br2S6. The molecule has 7 aromatic carbocycles. The maximum atomic E-state index is 3.64. The van der Waals surface area contributed by atoms with E-state index in [1.165, 1.54) is 58.7 Å². The summed E-state index contributed by atoms with van der Waals surface area (Å²) in [5.74, 6) is 0. The summed E-state index contributed by atoms with van der Waals surface area (Å²) in [4.78, 5) is 14.8. The topological polar surface area (TPSA) is 0 Å². The van der Waals surface area contributed by atoms with E-state index in [1.54, 1.807) is 70.6 Å². The highest BCUT2D eigenvalue weighted by Gasteiger charge is 2.07. The third kappa shape index (κ3) is 10.4. The highest BCUT2D eigenvalue weighted by Crippen LogP contribution is 2.39. The third-order valence-electron chi connectivity index (χ3n) is 7.19. The largest absolute Gasteiger partial charge is 0.0901 e. The summed E-state index contributed by atoms with van der Waals surface area (Å²) in [5, 5.41) is 0. The average molecular weight is 885 g/mol. The van der Waals surface area contributed by atoms with Crippen molar-refractivity contribution in [1.29, 1.82) is 0 Å². The molecule has 0 aliphatic heterocycles. The molecule has 0 radical (unpaired) electrons. The molecule has 8 heteroatoms. The van der Waals surface area contributed by atoms with Gasteiger partial charge in [-0.3, -0.25) is 0 Å². The van der Waals surface area contributed by atoms with Crippen LogP contribution < -0.4 is 0 Å². The van der Waals surface area contributed by atoms with Crippen molar-refractivity contribution < 1.29 is 0 Å². The van der Waals surface area contributed by atoms with Crippen LogP contribution in [0.15, 0.2) is 238 Å². The SMILES string of the molecule is Brc1ccccc1Sc1ccc(Sc2ccc(Sc3ccc(Sc4ccc(Sc5ccc(Sc6ccccc6Br)cc5)cc4)cc3)cc2)cc1. The number of rotatable bonds is 12. The smallest absolute Gasteiger partial charge is 0.0314 e. The van der Waals surface area contributed by atoms with Crippen molar-refractivity contribution in [3.8, 4) is 0 Å². The molecule has 0 spiro atoms. The molecule has 0 aliphatic carbocycles. The molecule has 0 amide bonds. The summed E-state index contributed by atoms with van der Waals surface area (Å²) in [6.45, 7) is 0. The summed E-state index contributed by atoms with van der Waals surface area (Å²) in [6.07, 6.45) is 0. The average Bonchev–Trinajstić information content (AvgIpc) is 3.14. The molecule has 0 aromatic heterocycles. The molecule has 7 rings (SSSR count). The summed E-state index contributed by atoms with van der Waals surface area (Å²) in [5.41, 5.74) is 0. The van der Waals surface area contributed by atoms with Crippen LogP contribution in [-0.2, 0) is 0 Å². The Morgan fingerprint density at radius 2 is 0.400 bits per heavy atom. The fourth-order valence-electron chi connectivity index (χ4n) is 4.73. The van der Waals surface area contributed by atoms with Crippen molar-refractivity contribution in [1.82, 2.24) is 0 Å². The van der Waals surface area contributed by atoms with Crippen molar-refractivity contribution in [2.24, 2.45) is 0 Å². The molecule has 0 nitrogen and oxygen atoms in total. The minimum absolute atomic E-state index is 1.12. The zero-order valence-corrected chi connectivity index (χ0v) is 34.4. The molecule has 0 saturated carbocycles. The number of halogens is 2. The van der Waals surface area contributed by atoms with E-state index in [0.29, 0.717) is 0 Å². The van der Waals surface area contributed by atoms with E-state index in [4.69, 9.17) is 0 Å². The Labute approximate surface area is 336 Å². The fraction of sp³-hybridized carbons (Fsp3) is 0. The van der Waals surface area contributed by atoms with E-state index in [1.807, 2.05) is 12.1 Å². The summed E-state index contributed by atoms with van der Waals surface area (Å²) in [7, 11) is 0. The van der Waals surface area contributed by atoms with Gasteiger partial charge in [0.15, 0.2) is 0 Å². The Balaban J connectivity index is 0.876. The molecule has 0 fully saturated rings. The summed E-state index contributed by atoms with van der Waals surface area (Å²) >= 11 is 18.0. The molecule has 7 aromatic rings. The first-order valence-corrected chi connectivity index (χ1v) is 22.1. The highest BCUT2D eigenvalue weighted by molar-refractivity contribution is 9.10. The van der Waals surface area contributed by atoms with Gasteiger partial charge in [-0.1, -0.05) is 94.8 Å². The van der Waals surface area contributed by atoms with Crippen molar-refractivity contribution in [2.45, 2.75) is 58.7 Å². The lowest BCUT2D eigenvalue weighted by Gasteiger charge is -2.08. The van der Waals surface area contributed by atoms with Gasteiger partial charge in [0.05, 0.1) is 0 Å². The van der Waals surface area contributed by atoms with Crippen LogP contribution in [0.4, 0.5) is 0 Å². The number of benzene rings is 7. The van der Waals surface area contributed by atoms with Crippen molar-refractivity contribution >= 4 is 102 Å². The van der Waals surface area contributed by atoms with Gasteiger partial charge in [-0.05, 0) is 177 Å². The molecule has 246 valence electrons. The minimum atomic E-state index is 1.12. The van der Waals surface area contributed by atoms with Gasteiger partial charge in [0.1, 0.15) is 0 Å². The van der Waals surface area contributed by atoms with Gasteiger partial charge in [-0.2, -0.15) is 0 Å². The van der Waals surface area contributed by atoms with Crippen LogP contribution in [-0.4, -0.2) is 0 Å². The first-order valence-electron chi connectivity index (χ1n) is 15.6. The molecule has 0 atom stereocenters. The predicted molar refractivity (Wildman–Crippen MR) is 225 cm³/mol. The van der Waals surface area contributed by atoms with Gasteiger partial charge in [0.25, 0.3) is 0 Å². The summed E-state index contributed by atoms with van der Waals surface area (Å²) < 4.78 is 2.25. The molecule has 0 saturated heterocycles. The van der Waals surface area contributed by atoms with E-state index in [9.17, 15) is 0 Å². The molecule has 0 N–H and O–H groups in total. The normalized spacial score (nSPS) is 11.1. The van der Waals surface area contributed by atoms with Crippen LogP contribution in [0.2, 0.25) is 0 Å². The fourth-order valence-corrected chi connectivity index (χ4v) is 10.7. The van der Waals surface area contributed by atoms with Gasteiger partial charge in [-0.15, -0.1) is 0 Å². The second-order valence-corrected chi connectivity index (χ2v) is 19.4. The third-order valence-corrected chi connectivity index (χ3v) is 15.3. The molecular weight excluding hydrogens is 857 g/mol. The van der Waals surface area contributed by atoms with Gasteiger partial charge < -0.3 is 0 Å². The van der Waals surface area contributed by atoms with Gasteiger partial charge in [-0.25, -0.2) is 0 Å². The minimum Gasteiger partial charge on any atom is -0.0901 e. The van der Waals surface area contributed by atoms with Crippen LogP contribution in [0.3, 0.4) is 0 Å². The number of hydrogen-bond donors (Lipinski definition) is 0.